The molecule has 1 aromatic heterocycles. The maximum atomic E-state index is 12.7. The van der Waals surface area contributed by atoms with Gasteiger partial charge in [0.25, 0.3) is 5.91 Å². The fraction of sp³-hybridized carbons (Fsp3) is 0.182. The molecule has 4 heteroatoms. The van der Waals surface area contributed by atoms with E-state index >= 15 is 0 Å². The molecule has 0 saturated heterocycles. The molecule has 0 N–H and O–H groups in total. The van der Waals surface area contributed by atoms with E-state index in [9.17, 15) is 9.59 Å². The third kappa shape index (κ3) is 2.94. The zero-order valence-corrected chi connectivity index (χ0v) is 14.6. The molecular formula is C22H19NO3. The molecule has 1 aliphatic rings. The van der Waals surface area contributed by atoms with Gasteiger partial charge in [0.2, 0.25) is 0 Å². The average Bonchev–Trinajstić information content (AvgIpc) is 3.15. The van der Waals surface area contributed by atoms with Gasteiger partial charge in [-0.1, -0.05) is 36.4 Å². The van der Waals surface area contributed by atoms with Crippen LogP contribution in [0, 0.1) is 6.92 Å². The second-order valence-electron chi connectivity index (χ2n) is 6.57. The lowest BCUT2D eigenvalue weighted by atomic mass is 9.98. The van der Waals surface area contributed by atoms with E-state index in [4.69, 9.17) is 4.42 Å². The van der Waals surface area contributed by atoms with Gasteiger partial charge in [0, 0.05) is 23.2 Å². The van der Waals surface area contributed by atoms with Gasteiger partial charge in [0.05, 0.1) is 12.8 Å². The highest BCUT2D eigenvalue weighted by Crippen LogP contribution is 2.22. The Balaban J connectivity index is 1.52. The molecule has 4 rings (SSSR count). The summed E-state index contributed by atoms with van der Waals surface area (Å²) < 4.78 is 5.44. The van der Waals surface area contributed by atoms with Crippen LogP contribution in [-0.4, -0.2) is 23.1 Å². The summed E-state index contributed by atoms with van der Waals surface area (Å²) in [6.07, 6.45) is 2.48. The van der Waals surface area contributed by atoms with Crippen molar-refractivity contribution in [3.05, 3.63) is 94.4 Å². The summed E-state index contributed by atoms with van der Waals surface area (Å²) in [4.78, 5) is 27.2. The monoisotopic (exact) mass is 345 g/mol. The molecule has 2 aromatic carbocycles. The molecule has 3 aromatic rings. The maximum absolute atomic E-state index is 12.7. The van der Waals surface area contributed by atoms with Crippen molar-refractivity contribution in [2.75, 3.05) is 6.54 Å². The summed E-state index contributed by atoms with van der Waals surface area (Å²) >= 11 is 0. The van der Waals surface area contributed by atoms with Gasteiger partial charge in [-0.05, 0) is 42.7 Å². The Morgan fingerprint density at radius 3 is 2.46 bits per heavy atom. The average molecular weight is 345 g/mol. The van der Waals surface area contributed by atoms with Crippen LogP contribution in [-0.2, 0) is 13.0 Å². The van der Waals surface area contributed by atoms with E-state index in [1.54, 1.807) is 35.4 Å². The van der Waals surface area contributed by atoms with Gasteiger partial charge in [-0.2, -0.15) is 0 Å². The first-order valence-electron chi connectivity index (χ1n) is 8.68. The van der Waals surface area contributed by atoms with Crippen LogP contribution < -0.4 is 0 Å². The third-order valence-corrected chi connectivity index (χ3v) is 4.89. The summed E-state index contributed by atoms with van der Waals surface area (Å²) in [5.74, 6) is 0.790. The van der Waals surface area contributed by atoms with Gasteiger partial charge < -0.3 is 9.32 Å². The Morgan fingerprint density at radius 2 is 1.69 bits per heavy atom. The molecule has 2 heterocycles. The molecule has 4 nitrogen and oxygen atoms in total. The Labute approximate surface area is 152 Å². The van der Waals surface area contributed by atoms with E-state index in [0.29, 0.717) is 29.8 Å². The topological polar surface area (TPSA) is 50.5 Å². The van der Waals surface area contributed by atoms with Gasteiger partial charge in [-0.3, -0.25) is 9.59 Å². The van der Waals surface area contributed by atoms with Crippen LogP contribution in [0.3, 0.4) is 0 Å². The minimum absolute atomic E-state index is 0.0275. The maximum Gasteiger partial charge on any atom is 0.254 e. The molecule has 0 aliphatic carbocycles. The molecular weight excluding hydrogens is 326 g/mol. The first-order valence-corrected chi connectivity index (χ1v) is 8.68. The number of nitrogens with zero attached hydrogens (tertiary/aromatic N) is 1. The molecule has 0 atom stereocenters. The molecule has 130 valence electrons. The van der Waals surface area contributed by atoms with E-state index in [0.717, 1.165) is 17.7 Å². The lowest BCUT2D eigenvalue weighted by Crippen LogP contribution is -2.35. The summed E-state index contributed by atoms with van der Waals surface area (Å²) in [5.41, 5.74) is 3.98. The van der Waals surface area contributed by atoms with Gasteiger partial charge >= 0.3 is 0 Å². The van der Waals surface area contributed by atoms with E-state index < -0.39 is 0 Å². The van der Waals surface area contributed by atoms with Crippen LogP contribution in [0.25, 0.3) is 0 Å². The van der Waals surface area contributed by atoms with Crippen LogP contribution >= 0.6 is 0 Å². The molecule has 0 bridgehead atoms. The zero-order chi connectivity index (χ0) is 18.1. The summed E-state index contributed by atoms with van der Waals surface area (Å²) in [5, 5.41) is 0. The van der Waals surface area contributed by atoms with Crippen molar-refractivity contribution >= 4 is 11.7 Å². The predicted molar refractivity (Wildman–Crippen MR) is 98.2 cm³/mol. The fourth-order valence-electron chi connectivity index (χ4n) is 3.34. The highest BCUT2D eigenvalue weighted by molar-refractivity contribution is 6.10. The lowest BCUT2D eigenvalue weighted by Gasteiger charge is -2.26. The number of rotatable bonds is 3. The van der Waals surface area contributed by atoms with Crippen molar-refractivity contribution in [1.82, 2.24) is 4.90 Å². The van der Waals surface area contributed by atoms with Gasteiger partial charge in [-0.15, -0.1) is 0 Å². The minimum atomic E-state index is -0.0399. The van der Waals surface area contributed by atoms with Gasteiger partial charge in [0.15, 0.2) is 5.78 Å². The number of fused-ring (bicyclic) bond motifs is 1. The molecule has 26 heavy (non-hydrogen) atoms. The van der Waals surface area contributed by atoms with E-state index in [1.165, 1.54) is 5.56 Å². The van der Waals surface area contributed by atoms with Crippen LogP contribution in [0.15, 0.2) is 65.3 Å². The van der Waals surface area contributed by atoms with Crippen molar-refractivity contribution in [2.45, 2.75) is 19.9 Å². The number of carbonyl (C=O) groups excluding carboxylic acids is 2. The van der Waals surface area contributed by atoms with Crippen molar-refractivity contribution in [3.8, 4) is 0 Å². The number of amides is 1. The van der Waals surface area contributed by atoms with Crippen molar-refractivity contribution in [1.29, 1.82) is 0 Å². The number of benzene rings is 2. The first-order chi connectivity index (χ1) is 12.6. The molecule has 0 spiro atoms. The molecule has 1 amide bonds. The van der Waals surface area contributed by atoms with Crippen LogP contribution in [0.1, 0.15) is 43.2 Å². The molecule has 0 unspecified atom stereocenters. The third-order valence-electron chi connectivity index (χ3n) is 4.89. The van der Waals surface area contributed by atoms with Crippen LogP contribution in [0.5, 0.6) is 0 Å². The Morgan fingerprint density at radius 1 is 0.962 bits per heavy atom. The van der Waals surface area contributed by atoms with Crippen LogP contribution in [0.2, 0.25) is 0 Å². The molecule has 0 saturated carbocycles. The normalized spacial score (nSPS) is 13.3. The second-order valence-corrected chi connectivity index (χ2v) is 6.57. The summed E-state index contributed by atoms with van der Waals surface area (Å²) in [6, 6.07) is 16.4. The van der Waals surface area contributed by atoms with Gasteiger partial charge in [-0.25, -0.2) is 0 Å². The first kappa shape index (κ1) is 16.3. The zero-order valence-electron chi connectivity index (χ0n) is 14.6. The molecule has 1 aliphatic heterocycles. The number of hydrogen-bond acceptors (Lipinski definition) is 3. The van der Waals surface area contributed by atoms with Crippen molar-refractivity contribution in [2.24, 2.45) is 0 Å². The summed E-state index contributed by atoms with van der Waals surface area (Å²) in [6.45, 7) is 3.09. The smallest absolute Gasteiger partial charge is 0.254 e. The predicted octanol–water partition coefficient (Wildman–Crippen LogP) is 4.02. The SMILES string of the molecule is Cc1ccccc1C(=O)c1ccc(C(=O)N2CCc3ccoc3C2)cc1. The van der Waals surface area contributed by atoms with Gasteiger partial charge in [0.1, 0.15) is 5.76 Å². The lowest BCUT2D eigenvalue weighted by molar-refractivity contribution is 0.0719. The van der Waals surface area contributed by atoms with Crippen molar-refractivity contribution < 1.29 is 14.0 Å². The number of carbonyl (C=O) groups is 2. The fourth-order valence-corrected chi connectivity index (χ4v) is 3.34. The number of furan rings is 1. The largest absolute Gasteiger partial charge is 0.467 e. The Bertz CT molecular complexity index is 969. The standard InChI is InChI=1S/C22H19NO3/c1-15-4-2-3-5-19(15)21(24)17-6-8-18(9-7-17)22(25)23-12-10-16-11-13-26-20(16)14-23/h2-9,11,13H,10,12,14H2,1H3. The van der Waals surface area contributed by atoms with E-state index in [-0.39, 0.29) is 11.7 Å². The second kappa shape index (κ2) is 6.64. The quantitative estimate of drug-likeness (QED) is 0.674. The number of hydrogen-bond donors (Lipinski definition) is 0. The van der Waals surface area contributed by atoms with E-state index in [2.05, 4.69) is 0 Å². The molecule has 0 fully saturated rings. The Hall–Kier alpha value is -3.14. The highest BCUT2D eigenvalue weighted by Gasteiger charge is 2.24. The highest BCUT2D eigenvalue weighted by atomic mass is 16.3. The summed E-state index contributed by atoms with van der Waals surface area (Å²) in [7, 11) is 0. The number of ketones is 1. The van der Waals surface area contributed by atoms with Crippen LogP contribution in [0.4, 0.5) is 0 Å². The molecule has 0 radical (unpaired) electrons. The van der Waals surface area contributed by atoms with Crippen molar-refractivity contribution in [3.63, 3.8) is 0 Å². The minimum Gasteiger partial charge on any atom is -0.467 e. The van der Waals surface area contributed by atoms with E-state index in [1.807, 2.05) is 37.3 Å². The number of aryl methyl sites for hydroxylation is 1. The Kier molecular flexibility index (Phi) is 4.17.